The van der Waals surface area contributed by atoms with E-state index in [2.05, 4.69) is 55.5 Å². The molecule has 2 aromatic rings. The summed E-state index contributed by atoms with van der Waals surface area (Å²) in [5.74, 6) is 0.716. The average molecular weight is 271 g/mol. The van der Waals surface area contributed by atoms with Gasteiger partial charge >= 0.3 is 0 Å². The standard InChI is InChI=1S/C17H25N3/c1-14(2)11-16-5-7-17(8-6-16)12-18-15(3)13-20-10-4-9-19-20/h4-10,14-15,18H,11-13H2,1-3H3. The van der Waals surface area contributed by atoms with Gasteiger partial charge in [-0.05, 0) is 36.5 Å². The second-order valence-corrected chi connectivity index (χ2v) is 5.92. The molecule has 2 rings (SSSR count). The van der Waals surface area contributed by atoms with Gasteiger partial charge in [-0.3, -0.25) is 4.68 Å². The van der Waals surface area contributed by atoms with E-state index in [1.807, 2.05) is 23.1 Å². The molecule has 0 aliphatic rings. The van der Waals surface area contributed by atoms with E-state index >= 15 is 0 Å². The molecule has 0 amide bonds. The predicted molar refractivity (Wildman–Crippen MR) is 83.5 cm³/mol. The molecule has 0 bridgehead atoms. The molecule has 1 aromatic heterocycles. The van der Waals surface area contributed by atoms with Crippen LogP contribution in [0, 0.1) is 5.92 Å². The van der Waals surface area contributed by atoms with Crippen LogP contribution in [0.4, 0.5) is 0 Å². The maximum absolute atomic E-state index is 4.23. The summed E-state index contributed by atoms with van der Waals surface area (Å²) in [7, 11) is 0. The van der Waals surface area contributed by atoms with Crippen molar-refractivity contribution in [3.8, 4) is 0 Å². The molecule has 0 aliphatic heterocycles. The first-order valence-corrected chi connectivity index (χ1v) is 7.42. The van der Waals surface area contributed by atoms with E-state index in [0.717, 1.165) is 19.5 Å². The lowest BCUT2D eigenvalue weighted by molar-refractivity contribution is 0.451. The zero-order valence-electron chi connectivity index (χ0n) is 12.7. The first-order chi connectivity index (χ1) is 9.63. The van der Waals surface area contributed by atoms with Crippen LogP contribution in [0.2, 0.25) is 0 Å². The summed E-state index contributed by atoms with van der Waals surface area (Å²) in [6, 6.07) is 11.3. The van der Waals surface area contributed by atoms with E-state index in [9.17, 15) is 0 Å². The molecule has 0 fully saturated rings. The van der Waals surface area contributed by atoms with Crippen LogP contribution < -0.4 is 5.32 Å². The first kappa shape index (κ1) is 14.8. The topological polar surface area (TPSA) is 29.9 Å². The largest absolute Gasteiger partial charge is 0.308 e. The monoisotopic (exact) mass is 271 g/mol. The van der Waals surface area contributed by atoms with Crippen LogP contribution in [-0.4, -0.2) is 15.8 Å². The Morgan fingerprint density at radius 2 is 1.80 bits per heavy atom. The van der Waals surface area contributed by atoms with Crippen molar-refractivity contribution in [1.29, 1.82) is 0 Å². The maximum atomic E-state index is 4.23. The maximum Gasteiger partial charge on any atom is 0.0560 e. The van der Waals surface area contributed by atoms with Crippen molar-refractivity contribution in [2.75, 3.05) is 0 Å². The van der Waals surface area contributed by atoms with E-state index in [4.69, 9.17) is 0 Å². The van der Waals surface area contributed by atoms with Crippen molar-refractivity contribution in [3.05, 3.63) is 53.9 Å². The molecule has 0 saturated heterocycles. The summed E-state index contributed by atoms with van der Waals surface area (Å²) in [5.41, 5.74) is 2.76. The minimum atomic E-state index is 0.408. The Hall–Kier alpha value is -1.61. The molecule has 3 nitrogen and oxygen atoms in total. The van der Waals surface area contributed by atoms with E-state index in [-0.39, 0.29) is 0 Å². The van der Waals surface area contributed by atoms with Gasteiger partial charge in [0.05, 0.1) is 6.54 Å². The highest BCUT2D eigenvalue weighted by Gasteiger charge is 2.03. The van der Waals surface area contributed by atoms with Crippen molar-refractivity contribution in [2.45, 2.75) is 46.3 Å². The Bertz CT molecular complexity index is 485. The SMILES string of the molecule is CC(C)Cc1ccc(CNC(C)Cn2cccn2)cc1. The third kappa shape index (κ3) is 4.82. The molecule has 20 heavy (non-hydrogen) atoms. The van der Waals surface area contributed by atoms with Crippen LogP contribution in [0.5, 0.6) is 0 Å². The lowest BCUT2D eigenvalue weighted by atomic mass is 10.0. The third-order valence-electron chi connectivity index (χ3n) is 3.34. The highest BCUT2D eigenvalue weighted by Crippen LogP contribution is 2.10. The molecule has 1 aromatic carbocycles. The van der Waals surface area contributed by atoms with E-state index in [1.54, 1.807) is 0 Å². The molecule has 0 saturated carbocycles. The number of aromatic nitrogens is 2. The molecule has 1 atom stereocenters. The number of hydrogen-bond acceptors (Lipinski definition) is 2. The van der Waals surface area contributed by atoms with Gasteiger partial charge < -0.3 is 5.32 Å². The summed E-state index contributed by atoms with van der Waals surface area (Å²) in [6.45, 7) is 8.51. The zero-order valence-corrected chi connectivity index (χ0v) is 12.7. The fourth-order valence-electron chi connectivity index (χ4n) is 2.31. The summed E-state index contributed by atoms with van der Waals surface area (Å²) in [6.07, 6.45) is 4.97. The van der Waals surface area contributed by atoms with Crippen molar-refractivity contribution >= 4 is 0 Å². The van der Waals surface area contributed by atoms with E-state index in [0.29, 0.717) is 12.0 Å². The Morgan fingerprint density at radius 3 is 2.40 bits per heavy atom. The molecular formula is C17H25N3. The Kier molecular flexibility index (Phi) is 5.36. The van der Waals surface area contributed by atoms with Crippen molar-refractivity contribution in [1.82, 2.24) is 15.1 Å². The highest BCUT2D eigenvalue weighted by atomic mass is 15.3. The van der Waals surface area contributed by atoms with Gasteiger partial charge in [0.1, 0.15) is 0 Å². The lowest BCUT2D eigenvalue weighted by Crippen LogP contribution is -2.30. The lowest BCUT2D eigenvalue weighted by Gasteiger charge is -2.14. The van der Waals surface area contributed by atoms with Crippen LogP contribution in [0.25, 0.3) is 0 Å². The van der Waals surface area contributed by atoms with Crippen LogP contribution >= 0.6 is 0 Å². The average Bonchev–Trinajstić information content (AvgIpc) is 2.90. The number of nitrogens with one attached hydrogen (secondary N) is 1. The number of nitrogens with zero attached hydrogens (tertiary/aromatic N) is 2. The minimum absolute atomic E-state index is 0.408. The summed E-state index contributed by atoms with van der Waals surface area (Å²) < 4.78 is 1.96. The van der Waals surface area contributed by atoms with Crippen LogP contribution in [0.3, 0.4) is 0 Å². The first-order valence-electron chi connectivity index (χ1n) is 7.42. The number of benzene rings is 1. The van der Waals surface area contributed by atoms with Gasteiger partial charge in [0.2, 0.25) is 0 Å². The second-order valence-electron chi connectivity index (χ2n) is 5.92. The molecular weight excluding hydrogens is 246 g/mol. The van der Waals surface area contributed by atoms with Crippen LogP contribution in [0.1, 0.15) is 31.9 Å². The molecule has 1 unspecified atom stereocenters. The van der Waals surface area contributed by atoms with E-state index < -0.39 is 0 Å². The molecule has 3 heteroatoms. The third-order valence-corrected chi connectivity index (χ3v) is 3.34. The second kappa shape index (κ2) is 7.25. The van der Waals surface area contributed by atoms with Crippen molar-refractivity contribution in [2.24, 2.45) is 5.92 Å². The van der Waals surface area contributed by atoms with Crippen molar-refractivity contribution in [3.63, 3.8) is 0 Å². The van der Waals surface area contributed by atoms with Gasteiger partial charge in [-0.1, -0.05) is 38.1 Å². The Labute approximate surface area is 122 Å². The molecule has 0 radical (unpaired) electrons. The van der Waals surface area contributed by atoms with Gasteiger partial charge in [-0.15, -0.1) is 0 Å². The number of rotatable bonds is 7. The fourth-order valence-corrected chi connectivity index (χ4v) is 2.31. The fraction of sp³-hybridized carbons (Fsp3) is 0.471. The van der Waals surface area contributed by atoms with Gasteiger partial charge in [-0.25, -0.2) is 0 Å². The quantitative estimate of drug-likeness (QED) is 0.837. The molecule has 1 heterocycles. The summed E-state index contributed by atoms with van der Waals surface area (Å²) in [5, 5.41) is 7.76. The van der Waals surface area contributed by atoms with Gasteiger partial charge in [0.15, 0.2) is 0 Å². The van der Waals surface area contributed by atoms with Gasteiger partial charge in [0.25, 0.3) is 0 Å². The molecule has 0 aliphatic carbocycles. The van der Waals surface area contributed by atoms with Crippen LogP contribution in [0.15, 0.2) is 42.7 Å². The molecule has 108 valence electrons. The smallest absolute Gasteiger partial charge is 0.0560 e. The minimum Gasteiger partial charge on any atom is -0.308 e. The predicted octanol–water partition coefficient (Wildman–Crippen LogP) is 3.26. The summed E-state index contributed by atoms with van der Waals surface area (Å²) in [4.78, 5) is 0. The van der Waals surface area contributed by atoms with Gasteiger partial charge in [-0.2, -0.15) is 5.10 Å². The van der Waals surface area contributed by atoms with Crippen LogP contribution in [-0.2, 0) is 19.5 Å². The van der Waals surface area contributed by atoms with Crippen molar-refractivity contribution < 1.29 is 0 Å². The highest BCUT2D eigenvalue weighted by molar-refractivity contribution is 5.22. The van der Waals surface area contributed by atoms with E-state index in [1.165, 1.54) is 11.1 Å². The normalized spacial score (nSPS) is 12.8. The molecule has 0 spiro atoms. The van der Waals surface area contributed by atoms with Gasteiger partial charge in [0, 0.05) is 25.0 Å². The number of hydrogen-bond donors (Lipinski definition) is 1. The molecule has 1 N–H and O–H groups in total. The Morgan fingerprint density at radius 1 is 1.10 bits per heavy atom. The summed E-state index contributed by atoms with van der Waals surface area (Å²) >= 11 is 0. The zero-order chi connectivity index (χ0) is 14.4. The Balaban J connectivity index is 1.78.